The Kier molecular flexibility index (Phi) is 2.64. The molecule has 0 atom stereocenters. The molecule has 0 unspecified atom stereocenters. The van der Waals surface area contributed by atoms with Crippen molar-refractivity contribution in [3.05, 3.63) is 41.0 Å². The zero-order chi connectivity index (χ0) is 12.5. The van der Waals surface area contributed by atoms with Crippen molar-refractivity contribution in [2.24, 2.45) is 4.99 Å². The highest BCUT2D eigenvalue weighted by molar-refractivity contribution is 6.33. The summed E-state index contributed by atoms with van der Waals surface area (Å²) in [4.78, 5) is 8.61. The quantitative estimate of drug-likeness (QED) is 0.727. The van der Waals surface area contributed by atoms with Crippen LogP contribution in [0.1, 0.15) is 5.56 Å². The molecule has 1 aromatic carbocycles. The average Bonchev–Trinajstić information content (AvgIpc) is 2.57. The fraction of sp³-hybridized carbons (Fsp3) is 0.0769. The van der Waals surface area contributed by atoms with Gasteiger partial charge in [-0.25, -0.2) is 4.98 Å². The zero-order valence-electron chi connectivity index (χ0n) is 9.64. The number of aliphatic imine (C=N–C) groups is 1. The first-order valence-corrected chi connectivity index (χ1v) is 5.79. The number of aromatic nitrogens is 1. The SMILES string of the molecule is COc1ccc2c(c1)C=Nc1c(Cl)ccnc1N2. The van der Waals surface area contributed by atoms with Gasteiger partial charge < -0.3 is 10.1 Å². The number of methoxy groups -OCH3 is 1. The maximum atomic E-state index is 6.10. The lowest BCUT2D eigenvalue weighted by molar-refractivity contribution is 0.415. The number of anilines is 2. The number of nitrogens with zero attached hydrogens (tertiary/aromatic N) is 2. The van der Waals surface area contributed by atoms with Crippen LogP contribution < -0.4 is 10.1 Å². The third kappa shape index (κ3) is 1.80. The van der Waals surface area contributed by atoms with Crippen LogP contribution in [0.15, 0.2) is 35.5 Å². The molecule has 5 heteroatoms. The first-order chi connectivity index (χ1) is 8.78. The molecule has 0 bridgehead atoms. The molecule has 0 saturated heterocycles. The zero-order valence-corrected chi connectivity index (χ0v) is 10.4. The summed E-state index contributed by atoms with van der Waals surface area (Å²) in [5, 5.41) is 3.79. The third-order valence-electron chi connectivity index (χ3n) is 2.72. The Morgan fingerprint density at radius 3 is 3.00 bits per heavy atom. The minimum Gasteiger partial charge on any atom is -0.497 e. The molecule has 0 spiro atoms. The van der Waals surface area contributed by atoms with Gasteiger partial charge in [0.15, 0.2) is 5.82 Å². The van der Waals surface area contributed by atoms with Crippen molar-refractivity contribution in [3.8, 4) is 5.75 Å². The first kappa shape index (κ1) is 11.0. The molecule has 2 heterocycles. The number of halogens is 1. The van der Waals surface area contributed by atoms with Crippen molar-refractivity contribution < 1.29 is 4.74 Å². The minimum absolute atomic E-state index is 0.573. The largest absolute Gasteiger partial charge is 0.497 e. The lowest BCUT2D eigenvalue weighted by Gasteiger charge is -2.09. The Balaban J connectivity index is 2.14. The molecule has 1 aromatic heterocycles. The van der Waals surface area contributed by atoms with E-state index >= 15 is 0 Å². The normalized spacial score (nSPS) is 12.1. The molecule has 0 saturated carbocycles. The molecule has 1 aliphatic rings. The molecule has 2 aromatic rings. The van der Waals surface area contributed by atoms with Crippen LogP contribution in [0.4, 0.5) is 17.2 Å². The Labute approximate surface area is 109 Å². The van der Waals surface area contributed by atoms with Crippen molar-refractivity contribution in [1.82, 2.24) is 4.98 Å². The molecule has 90 valence electrons. The topological polar surface area (TPSA) is 46.5 Å². The summed E-state index contributed by atoms with van der Waals surface area (Å²) < 4.78 is 5.19. The summed E-state index contributed by atoms with van der Waals surface area (Å²) in [6.45, 7) is 0. The fourth-order valence-electron chi connectivity index (χ4n) is 1.79. The number of rotatable bonds is 1. The van der Waals surface area contributed by atoms with Crippen LogP contribution in [0.2, 0.25) is 5.02 Å². The smallest absolute Gasteiger partial charge is 0.157 e. The minimum atomic E-state index is 0.573. The van der Waals surface area contributed by atoms with Gasteiger partial charge in [0.1, 0.15) is 11.4 Å². The lowest BCUT2D eigenvalue weighted by Crippen LogP contribution is -1.96. The van der Waals surface area contributed by atoms with Crippen molar-refractivity contribution in [2.75, 3.05) is 12.4 Å². The average molecular weight is 260 g/mol. The van der Waals surface area contributed by atoms with Crippen LogP contribution in [-0.2, 0) is 0 Å². The fourth-order valence-corrected chi connectivity index (χ4v) is 1.99. The van der Waals surface area contributed by atoms with Crippen LogP contribution in [0.5, 0.6) is 5.75 Å². The summed E-state index contributed by atoms with van der Waals surface area (Å²) in [7, 11) is 1.64. The number of benzene rings is 1. The van der Waals surface area contributed by atoms with E-state index in [1.807, 2.05) is 18.2 Å². The van der Waals surface area contributed by atoms with Crippen LogP contribution in [0, 0.1) is 0 Å². The highest BCUT2D eigenvalue weighted by Gasteiger charge is 2.13. The predicted molar refractivity (Wildman–Crippen MR) is 72.8 cm³/mol. The molecule has 1 N–H and O–H groups in total. The van der Waals surface area contributed by atoms with Gasteiger partial charge in [-0.3, -0.25) is 4.99 Å². The Hall–Kier alpha value is -2.07. The van der Waals surface area contributed by atoms with Gasteiger partial charge in [-0.2, -0.15) is 0 Å². The van der Waals surface area contributed by atoms with Crippen LogP contribution in [0.25, 0.3) is 0 Å². The van der Waals surface area contributed by atoms with E-state index in [0.29, 0.717) is 16.5 Å². The summed E-state index contributed by atoms with van der Waals surface area (Å²) in [6, 6.07) is 7.44. The van der Waals surface area contributed by atoms with Gasteiger partial charge in [0.2, 0.25) is 0 Å². The molecule has 18 heavy (non-hydrogen) atoms. The lowest BCUT2D eigenvalue weighted by atomic mass is 10.2. The number of hydrogen-bond donors (Lipinski definition) is 1. The molecule has 0 radical (unpaired) electrons. The van der Waals surface area contributed by atoms with E-state index in [4.69, 9.17) is 16.3 Å². The Morgan fingerprint density at radius 1 is 1.28 bits per heavy atom. The molecule has 4 nitrogen and oxygen atoms in total. The van der Waals surface area contributed by atoms with E-state index in [1.54, 1.807) is 25.6 Å². The van der Waals surface area contributed by atoms with Gasteiger partial charge in [-0.1, -0.05) is 11.6 Å². The van der Waals surface area contributed by atoms with Gasteiger partial charge in [-0.15, -0.1) is 0 Å². The van der Waals surface area contributed by atoms with Gasteiger partial charge in [0.25, 0.3) is 0 Å². The van der Waals surface area contributed by atoms with E-state index in [9.17, 15) is 0 Å². The second-order valence-electron chi connectivity index (χ2n) is 3.83. The van der Waals surface area contributed by atoms with Crippen molar-refractivity contribution in [2.45, 2.75) is 0 Å². The summed E-state index contributed by atoms with van der Waals surface area (Å²) in [6.07, 6.45) is 3.41. The monoisotopic (exact) mass is 259 g/mol. The maximum absolute atomic E-state index is 6.10. The predicted octanol–water partition coefficient (Wildman–Crippen LogP) is 3.55. The van der Waals surface area contributed by atoms with Gasteiger partial charge in [0, 0.05) is 23.7 Å². The maximum Gasteiger partial charge on any atom is 0.157 e. The molecular formula is C13H10ClN3O. The number of nitrogens with one attached hydrogen (secondary N) is 1. The molecule has 3 rings (SSSR count). The molecular weight excluding hydrogens is 250 g/mol. The third-order valence-corrected chi connectivity index (χ3v) is 3.02. The van der Waals surface area contributed by atoms with Crippen molar-refractivity contribution in [1.29, 1.82) is 0 Å². The molecule has 0 aliphatic carbocycles. The Morgan fingerprint density at radius 2 is 2.17 bits per heavy atom. The number of fused-ring (bicyclic) bond motifs is 2. The van der Waals surface area contributed by atoms with Crippen molar-refractivity contribution in [3.63, 3.8) is 0 Å². The molecule has 1 aliphatic heterocycles. The van der Waals surface area contributed by atoms with Crippen LogP contribution in [0.3, 0.4) is 0 Å². The van der Waals surface area contributed by atoms with E-state index < -0.39 is 0 Å². The molecule has 0 fully saturated rings. The van der Waals surface area contributed by atoms with Gasteiger partial charge in [0.05, 0.1) is 12.1 Å². The van der Waals surface area contributed by atoms with E-state index in [-0.39, 0.29) is 0 Å². The van der Waals surface area contributed by atoms with Crippen LogP contribution in [-0.4, -0.2) is 18.3 Å². The second-order valence-corrected chi connectivity index (χ2v) is 4.23. The van der Waals surface area contributed by atoms with Gasteiger partial charge in [-0.05, 0) is 24.3 Å². The molecule has 0 amide bonds. The highest BCUT2D eigenvalue weighted by Crippen LogP contribution is 2.36. The summed E-state index contributed by atoms with van der Waals surface area (Å²) in [5.41, 5.74) is 2.51. The van der Waals surface area contributed by atoms with Crippen molar-refractivity contribution >= 4 is 35.0 Å². The van der Waals surface area contributed by atoms with E-state index in [2.05, 4.69) is 15.3 Å². The number of ether oxygens (including phenoxy) is 1. The van der Waals surface area contributed by atoms with Crippen LogP contribution >= 0.6 is 11.6 Å². The number of hydrogen-bond acceptors (Lipinski definition) is 4. The van der Waals surface area contributed by atoms with Gasteiger partial charge >= 0.3 is 0 Å². The number of pyridine rings is 1. The first-order valence-electron chi connectivity index (χ1n) is 5.41. The van der Waals surface area contributed by atoms with E-state index in [1.165, 1.54) is 0 Å². The summed E-state index contributed by atoms with van der Waals surface area (Å²) >= 11 is 6.10. The Bertz CT molecular complexity index is 640. The standard InChI is InChI=1S/C13H10ClN3O/c1-18-9-2-3-11-8(6-9)7-16-12-10(14)4-5-15-13(12)17-11/h2-7H,1H3,(H,15,17). The second kappa shape index (κ2) is 4.31. The summed E-state index contributed by atoms with van der Waals surface area (Å²) in [5.74, 6) is 1.44. The van der Waals surface area contributed by atoms with E-state index in [0.717, 1.165) is 17.0 Å². The highest BCUT2D eigenvalue weighted by atomic mass is 35.5.